The fourth-order valence-electron chi connectivity index (χ4n) is 0.287. The first-order valence-corrected chi connectivity index (χ1v) is 8.69. The number of carbonyl (C=O) groups excluding carboxylic acids is 1. The normalized spacial score (nSPS) is 10.6. The average molecular weight is 247 g/mol. The molecule has 0 aliphatic rings. The van der Waals surface area contributed by atoms with Crippen LogP contribution in [0.1, 0.15) is 13.8 Å². The minimum atomic E-state index is -2.30. The van der Waals surface area contributed by atoms with Crippen LogP contribution in [0.4, 0.5) is 4.79 Å². The van der Waals surface area contributed by atoms with Gasteiger partial charge in [-0.05, 0) is 0 Å². The summed E-state index contributed by atoms with van der Waals surface area (Å²) in [6.45, 7) is 4.31. The van der Waals surface area contributed by atoms with Crippen LogP contribution >= 0.6 is 19.9 Å². The molecule has 0 radical (unpaired) electrons. The molecule has 10 heavy (non-hydrogen) atoms. The van der Waals surface area contributed by atoms with Gasteiger partial charge in [0.15, 0.2) is 0 Å². The van der Waals surface area contributed by atoms with Gasteiger partial charge in [-0.1, -0.05) is 0 Å². The molecule has 0 N–H and O–H groups in total. The third kappa shape index (κ3) is 5.40. The van der Waals surface area contributed by atoms with Gasteiger partial charge in [0.1, 0.15) is 0 Å². The summed E-state index contributed by atoms with van der Waals surface area (Å²) in [5, 5.41) is 0. The molecule has 0 saturated carbocycles. The molecule has 0 aromatic rings. The molecule has 0 aromatic carbocycles. The van der Waals surface area contributed by atoms with Crippen LogP contribution in [-0.4, -0.2) is 24.1 Å². The van der Waals surface area contributed by atoms with E-state index in [1.165, 1.54) is 0 Å². The molecule has 0 aromatic heterocycles. The SMILES string of the molecule is CC(C)COC(=O)[As](Cl)Cl. The van der Waals surface area contributed by atoms with Crippen LogP contribution in [0.25, 0.3) is 0 Å². The Morgan fingerprint density at radius 1 is 1.60 bits per heavy atom. The second-order valence-electron chi connectivity index (χ2n) is 2.20. The van der Waals surface area contributed by atoms with Crippen molar-refractivity contribution in [3.8, 4) is 0 Å². The Morgan fingerprint density at radius 2 is 2.10 bits per heavy atom. The summed E-state index contributed by atoms with van der Waals surface area (Å²) in [6.07, 6.45) is 0. The summed E-state index contributed by atoms with van der Waals surface area (Å²) in [4.78, 5) is 10.6. The monoisotopic (exact) mass is 246 g/mol. The van der Waals surface area contributed by atoms with E-state index in [9.17, 15) is 4.79 Å². The second-order valence-corrected chi connectivity index (χ2v) is 8.36. The minimum absolute atomic E-state index is 0.339. The topological polar surface area (TPSA) is 26.3 Å². The van der Waals surface area contributed by atoms with Crippen molar-refractivity contribution in [1.82, 2.24) is 0 Å². The molecular formula is C5H9AsCl2O2. The van der Waals surface area contributed by atoms with E-state index < -0.39 is 17.5 Å². The van der Waals surface area contributed by atoms with Crippen LogP contribution < -0.4 is 0 Å². The van der Waals surface area contributed by atoms with Crippen LogP contribution in [0.2, 0.25) is 0 Å². The summed E-state index contributed by atoms with van der Waals surface area (Å²) >= 11 is -2.30. The Morgan fingerprint density at radius 3 is 2.40 bits per heavy atom. The predicted octanol–water partition coefficient (Wildman–Crippen LogP) is 2.33. The van der Waals surface area contributed by atoms with Crippen LogP contribution in [0.15, 0.2) is 0 Å². The standard InChI is InChI=1S/C5H9AsCl2O2/c1-4(2)3-10-5(9)6(7)8/h4H,3H2,1-2H3. The Hall–Kier alpha value is 0.608. The number of rotatable bonds is 3. The van der Waals surface area contributed by atoms with Gasteiger partial charge < -0.3 is 0 Å². The summed E-state index contributed by atoms with van der Waals surface area (Å²) in [7, 11) is 10.7. The van der Waals surface area contributed by atoms with Crippen molar-refractivity contribution in [1.29, 1.82) is 0 Å². The number of carbonyl (C=O) groups is 1. The fraction of sp³-hybridized carbons (Fsp3) is 0.800. The molecule has 0 bridgehead atoms. The molecule has 0 aliphatic heterocycles. The number of hydrogen-bond donors (Lipinski definition) is 0. The van der Waals surface area contributed by atoms with Gasteiger partial charge >= 0.3 is 73.3 Å². The van der Waals surface area contributed by atoms with E-state index in [1.807, 2.05) is 13.8 Å². The zero-order valence-electron chi connectivity index (χ0n) is 5.80. The molecular weight excluding hydrogens is 238 g/mol. The molecule has 0 aliphatic carbocycles. The predicted molar refractivity (Wildman–Crippen MR) is 43.6 cm³/mol. The summed E-state index contributed by atoms with van der Waals surface area (Å²) in [6, 6.07) is 0. The van der Waals surface area contributed by atoms with Gasteiger partial charge in [0.2, 0.25) is 0 Å². The maximum absolute atomic E-state index is 10.6. The van der Waals surface area contributed by atoms with Crippen LogP contribution in [-0.2, 0) is 4.74 Å². The quantitative estimate of drug-likeness (QED) is 0.715. The van der Waals surface area contributed by atoms with E-state index in [-0.39, 0.29) is 0 Å². The summed E-state index contributed by atoms with van der Waals surface area (Å²) in [5.41, 5.74) is 0. The molecule has 2 nitrogen and oxygen atoms in total. The Bertz CT molecular complexity index is 116. The molecule has 0 fully saturated rings. The zero-order chi connectivity index (χ0) is 8.15. The number of halogens is 2. The van der Waals surface area contributed by atoms with Crippen LogP contribution in [0.5, 0.6) is 0 Å². The second kappa shape index (κ2) is 5.28. The molecule has 0 rings (SSSR count). The first kappa shape index (κ1) is 10.6. The van der Waals surface area contributed by atoms with Crippen molar-refractivity contribution in [2.75, 3.05) is 6.61 Å². The van der Waals surface area contributed by atoms with Crippen molar-refractivity contribution < 1.29 is 9.53 Å². The van der Waals surface area contributed by atoms with Gasteiger partial charge in [-0.25, -0.2) is 0 Å². The zero-order valence-corrected chi connectivity index (χ0v) is 9.19. The van der Waals surface area contributed by atoms with Gasteiger partial charge in [-0.3, -0.25) is 0 Å². The maximum atomic E-state index is 10.6. The van der Waals surface area contributed by atoms with Gasteiger partial charge in [0.05, 0.1) is 0 Å². The van der Waals surface area contributed by atoms with Gasteiger partial charge in [-0.2, -0.15) is 0 Å². The van der Waals surface area contributed by atoms with Gasteiger partial charge in [0.25, 0.3) is 0 Å². The fourth-order valence-corrected chi connectivity index (χ4v) is 1.15. The van der Waals surface area contributed by atoms with Crippen molar-refractivity contribution in [3.05, 3.63) is 0 Å². The Kier molecular flexibility index (Phi) is 5.61. The van der Waals surface area contributed by atoms with Crippen molar-refractivity contribution >= 4 is 37.4 Å². The van der Waals surface area contributed by atoms with Gasteiger partial charge in [0, 0.05) is 0 Å². The molecule has 0 atom stereocenters. The van der Waals surface area contributed by atoms with E-state index in [0.717, 1.165) is 0 Å². The third-order valence-corrected chi connectivity index (χ3v) is 2.96. The molecule has 0 spiro atoms. The molecule has 0 amide bonds. The van der Waals surface area contributed by atoms with E-state index in [4.69, 9.17) is 24.6 Å². The van der Waals surface area contributed by atoms with Crippen molar-refractivity contribution in [2.24, 2.45) is 5.92 Å². The van der Waals surface area contributed by atoms with E-state index in [1.54, 1.807) is 0 Å². The first-order chi connectivity index (χ1) is 4.54. The average Bonchev–Trinajstić information content (AvgIpc) is 1.82. The molecule has 60 valence electrons. The molecule has 0 heterocycles. The van der Waals surface area contributed by atoms with Crippen LogP contribution in [0, 0.1) is 5.92 Å². The molecule has 0 saturated heterocycles. The molecule has 0 unspecified atom stereocenters. The van der Waals surface area contributed by atoms with E-state index in [0.29, 0.717) is 12.5 Å². The Balaban J connectivity index is 3.40. The number of ether oxygens (including phenoxy) is 1. The first-order valence-electron chi connectivity index (χ1n) is 2.82. The summed E-state index contributed by atoms with van der Waals surface area (Å²) < 4.78 is 4.30. The summed E-state index contributed by atoms with van der Waals surface area (Å²) in [5.74, 6) is 0.339. The Labute approximate surface area is 73.4 Å². The van der Waals surface area contributed by atoms with Crippen molar-refractivity contribution in [2.45, 2.75) is 13.8 Å². The van der Waals surface area contributed by atoms with Crippen LogP contribution in [0.3, 0.4) is 0 Å². The van der Waals surface area contributed by atoms with E-state index >= 15 is 0 Å². The van der Waals surface area contributed by atoms with Gasteiger partial charge in [-0.15, -0.1) is 0 Å². The third-order valence-electron chi connectivity index (χ3n) is 0.678. The number of hydrogen-bond acceptors (Lipinski definition) is 2. The van der Waals surface area contributed by atoms with E-state index in [2.05, 4.69) is 0 Å². The van der Waals surface area contributed by atoms with Crippen molar-refractivity contribution in [3.63, 3.8) is 0 Å². The molecule has 5 heteroatoms.